The van der Waals surface area contributed by atoms with Gasteiger partial charge in [0.15, 0.2) is 0 Å². The first-order valence-corrected chi connectivity index (χ1v) is 4.95. The quantitative estimate of drug-likeness (QED) is 0.696. The molecule has 1 unspecified atom stereocenters. The van der Waals surface area contributed by atoms with E-state index < -0.39 is 0 Å². The number of anilines is 1. The van der Waals surface area contributed by atoms with Crippen molar-refractivity contribution in [3.05, 3.63) is 18.2 Å². The molecule has 0 N–H and O–H groups in total. The highest BCUT2D eigenvalue weighted by Gasteiger charge is 2.28. The van der Waals surface area contributed by atoms with Crippen molar-refractivity contribution in [1.82, 2.24) is 9.97 Å². The molecule has 4 nitrogen and oxygen atoms in total. The molecule has 0 spiro atoms. The van der Waals surface area contributed by atoms with Gasteiger partial charge in [0.1, 0.15) is 5.82 Å². The van der Waals surface area contributed by atoms with Gasteiger partial charge in [0, 0.05) is 18.2 Å². The third kappa shape index (κ3) is 1.72. The minimum absolute atomic E-state index is 0.0949. The van der Waals surface area contributed by atoms with Gasteiger partial charge in [0.2, 0.25) is 5.91 Å². The molecule has 1 fully saturated rings. The number of carbonyl (C=O) groups is 1. The van der Waals surface area contributed by atoms with Gasteiger partial charge in [-0.3, -0.25) is 4.79 Å². The number of carbonyl (C=O) groups excluding carboxylic acids is 1. The number of aromatic nitrogens is 2. The molecule has 0 radical (unpaired) electrons. The Hall–Kier alpha value is -1.10. The average Bonchev–Trinajstić information content (AvgIpc) is 2.47. The lowest BCUT2D eigenvalue weighted by molar-refractivity contribution is -0.117. The molecule has 0 aromatic carbocycles. The molecule has 1 amide bonds. The van der Waals surface area contributed by atoms with Crippen molar-refractivity contribution in [3.63, 3.8) is 0 Å². The number of amides is 1. The maximum absolute atomic E-state index is 11.5. The molecule has 2 heterocycles. The maximum atomic E-state index is 11.5. The van der Waals surface area contributed by atoms with Crippen LogP contribution >= 0.6 is 12.6 Å². The Balaban J connectivity index is 2.23. The molecule has 1 aliphatic heterocycles. The van der Waals surface area contributed by atoms with Gasteiger partial charge in [0.25, 0.3) is 0 Å². The summed E-state index contributed by atoms with van der Waals surface area (Å²) in [6.45, 7) is 2.46. The zero-order valence-electron chi connectivity index (χ0n) is 7.84. The van der Waals surface area contributed by atoms with Gasteiger partial charge < -0.3 is 4.90 Å². The fraction of sp³-hybridized carbons (Fsp3) is 0.444. The van der Waals surface area contributed by atoms with Gasteiger partial charge in [-0.15, -0.1) is 0 Å². The summed E-state index contributed by atoms with van der Waals surface area (Å²) in [6.07, 6.45) is 3.84. The van der Waals surface area contributed by atoms with E-state index in [-0.39, 0.29) is 11.2 Å². The minimum atomic E-state index is 0.0949. The van der Waals surface area contributed by atoms with Crippen molar-refractivity contribution in [1.29, 1.82) is 0 Å². The first kappa shape index (κ1) is 9.45. The van der Waals surface area contributed by atoms with E-state index in [1.54, 1.807) is 17.3 Å². The molecule has 2 rings (SSSR count). The van der Waals surface area contributed by atoms with Crippen LogP contribution in [0.4, 0.5) is 5.69 Å². The molecule has 1 aromatic heterocycles. The standard InChI is InChI=1S/C9H11N3OS/c1-6-10-3-7(4-11-6)12-5-8(14)2-9(12)13/h3-4,8,14H,2,5H2,1H3. The molecule has 1 atom stereocenters. The zero-order valence-corrected chi connectivity index (χ0v) is 8.74. The highest BCUT2D eigenvalue weighted by atomic mass is 32.1. The highest BCUT2D eigenvalue weighted by Crippen LogP contribution is 2.22. The topological polar surface area (TPSA) is 46.1 Å². The van der Waals surface area contributed by atoms with E-state index in [1.165, 1.54) is 0 Å². The average molecular weight is 209 g/mol. The second-order valence-electron chi connectivity index (χ2n) is 3.35. The Labute approximate surface area is 87.8 Å². The first-order valence-electron chi connectivity index (χ1n) is 4.44. The Bertz CT molecular complexity index is 352. The molecule has 5 heteroatoms. The number of hydrogen-bond acceptors (Lipinski definition) is 4. The highest BCUT2D eigenvalue weighted by molar-refractivity contribution is 7.81. The Kier molecular flexibility index (Phi) is 2.41. The van der Waals surface area contributed by atoms with Gasteiger partial charge in [-0.05, 0) is 6.92 Å². The monoisotopic (exact) mass is 209 g/mol. The zero-order chi connectivity index (χ0) is 10.1. The second-order valence-corrected chi connectivity index (χ2v) is 4.08. The summed E-state index contributed by atoms with van der Waals surface area (Å²) in [6, 6.07) is 0. The minimum Gasteiger partial charge on any atom is -0.308 e. The van der Waals surface area contributed by atoms with Crippen molar-refractivity contribution < 1.29 is 4.79 Å². The SMILES string of the molecule is Cc1ncc(N2CC(S)CC2=O)cn1. The van der Waals surface area contributed by atoms with Crippen LogP contribution in [0.2, 0.25) is 0 Å². The number of hydrogen-bond donors (Lipinski definition) is 1. The summed E-state index contributed by atoms with van der Waals surface area (Å²) in [4.78, 5) is 21.3. The van der Waals surface area contributed by atoms with Crippen LogP contribution in [0.1, 0.15) is 12.2 Å². The largest absolute Gasteiger partial charge is 0.308 e. The molecule has 0 bridgehead atoms. The second kappa shape index (κ2) is 3.57. The fourth-order valence-electron chi connectivity index (χ4n) is 1.46. The van der Waals surface area contributed by atoms with Gasteiger partial charge in [-0.2, -0.15) is 12.6 Å². The van der Waals surface area contributed by atoms with Crippen molar-refractivity contribution in [2.45, 2.75) is 18.6 Å². The van der Waals surface area contributed by atoms with Crippen molar-refractivity contribution in [2.75, 3.05) is 11.4 Å². The summed E-state index contributed by atoms with van der Waals surface area (Å²) in [7, 11) is 0. The van der Waals surface area contributed by atoms with E-state index in [0.29, 0.717) is 18.8 Å². The number of nitrogens with zero attached hydrogens (tertiary/aromatic N) is 3. The summed E-state index contributed by atoms with van der Waals surface area (Å²) in [5.41, 5.74) is 0.761. The molecule has 0 aliphatic carbocycles. The van der Waals surface area contributed by atoms with Crippen LogP contribution in [0.15, 0.2) is 12.4 Å². The van der Waals surface area contributed by atoms with Crippen LogP contribution in [0.5, 0.6) is 0 Å². The molecular formula is C9H11N3OS. The summed E-state index contributed by atoms with van der Waals surface area (Å²) in [5, 5.41) is 0.129. The normalized spacial score (nSPS) is 21.7. The molecule has 14 heavy (non-hydrogen) atoms. The third-order valence-electron chi connectivity index (χ3n) is 2.18. The predicted molar refractivity (Wildman–Crippen MR) is 56.5 cm³/mol. The van der Waals surface area contributed by atoms with Gasteiger partial charge in [0.05, 0.1) is 18.1 Å². The summed E-state index contributed by atoms with van der Waals surface area (Å²) < 4.78 is 0. The Morgan fingerprint density at radius 1 is 1.50 bits per heavy atom. The molecular weight excluding hydrogens is 198 g/mol. The van der Waals surface area contributed by atoms with Crippen molar-refractivity contribution in [3.8, 4) is 0 Å². The van der Waals surface area contributed by atoms with E-state index in [9.17, 15) is 4.79 Å². The number of rotatable bonds is 1. The van der Waals surface area contributed by atoms with E-state index in [2.05, 4.69) is 22.6 Å². The Morgan fingerprint density at radius 3 is 2.64 bits per heavy atom. The maximum Gasteiger partial charge on any atom is 0.228 e. The van der Waals surface area contributed by atoms with E-state index >= 15 is 0 Å². The summed E-state index contributed by atoms with van der Waals surface area (Å²) >= 11 is 4.28. The molecule has 1 aliphatic rings. The molecule has 1 aromatic rings. The lowest BCUT2D eigenvalue weighted by Gasteiger charge is -2.14. The van der Waals surface area contributed by atoms with Gasteiger partial charge >= 0.3 is 0 Å². The Morgan fingerprint density at radius 2 is 2.14 bits per heavy atom. The van der Waals surface area contributed by atoms with E-state index in [0.717, 1.165) is 5.69 Å². The van der Waals surface area contributed by atoms with Crippen molar-refractivity contribution >= 4 is 24.2 Å². The lowest BCUT2D eigenvalue weighted by atomic mass is 10.4. The van der Waals surface area contributed by atoms with Crippen LogP contribution in [0.25, 0.3) is 0 Å². The molecule has 74 valence electrons. The predicted octanol–water partition coefficient (Wildman–Crippen LogP) is 0.820. The molecule has 1 saturated heterocycles. The van der Waals surface area contributed by atoms with Gasteiger partial charge in [-0.1, -0.05) is 0 Å². The van der Waals surface area contributed by atoms with E-state index in [1.807, 2.05) is 6.92 Å². The summed E-state index contributed by atoms with van der Waals surface area (Å²) in [5.74, 6) is 0.806. The molecule has 0 saturated carbocycles. The van der Waals surface area contributed by atoms with Crippen LogP contribution in [-0.4, -0.2) is 27.7 Å². The van der Waals surface area contributed by atoms with Crippen molar-refractivity contribution in [2.24, 2.45) is 0 Å². The van der Waals surface area contributed by atoms with Crippen LogP contribution in [0, 0.1) is 6.92 Å². The smallest absolute Gasteiger partial charge is 0.228 e. The van der Waals surface area contributed by atoms with E-state index in [4.69, 9.17) is 0 Å². The lowest BCUT2D eigenvalue weighted by Crippen LogP contribution is -2.24. The van der Waals surface area contributed by atoms with Gasteiger partial charge in [-0.25, -0.2) is 9.97 Å². The van der Waals surface area contributed by atoms with Crippen LogP contribution < -0.4 is 4.90 Å². The first-order chi connectivity index (χ1) is 6.66. The number of thiol groups is 1. The third-order valence-corrected chi connectivity index (χ3v) is 2.53. The van der Waals surface area contributed by atoms with Crippen LogP contribution in [0.3, 0.4) is 0 Å². The fourth-order valence-corrected chi connectivity index (χ4v) is 1.78. The number of aryl methyl sites for hydroxylation is 1. The van der Waals surface area contributed by atoms with Crippen LogP contribution in [-0.2, 0) is 4.79 Å².